The van der Waals surface area contributed by atoms with Gasteiger partial charge in [-0.1, -0.05) is 0 Å². The molecule has 1 aliphatic heterocycles. The fraction of sp³-hybridized carbons (Fsp3) is 0.107. The van der Waals surface area contributed by atoms with Crippen LogP contribution in [0.4, 0.5) is 20.2 Å². The molecule has 0 fully saturated rings. The maximum absolute atomic E-state index is 15.0. The zero-order chi connectivity index (χ0) is 28.4. The summed E-state index contributed by atoms with van der Waals surface area (Å²) in [7, 11) is 2.99. The molecule has 1 atom stereocenters. The Labute approximate surface area is 226 Å². The van der Waals surface area contributed by atoms with E-state index in [0.717, 1.165) is 29.3 Å². The number of rotatable bonds is 7. The second kappa shape index (κ2) is 10.9. The number of methoxy groups -OCH3 is 2. The largest absolute Gasteiger partial charge is 0.493 e. The molecule has 1 aliphatic rings. The van der Waals surface area contributed by atoms with Crippen LogP contribution in [0.3, 0.4) is 0 Å². The first-order valence-electron chi connectivity index (χ1n) is 11.8. The Morgan fingerprint density at radius 1 is 0.975 bits per heavy atom. The number of aliphatic hydroxyl groups is 1. The SMILES string of the molecule is COc1cc2nccc(Oc3ccc(NC(=O)C4=CNC(O)N(c5ccc(F)cc5)C4=O)cc3F)c2cc1OC. The predicted molar refractivity (Wildman–Crippen MR) is 141 cm³/mol. The third kappa shape index (κ3) is 5.07. The quantitative estimate of drug-likeness (QED) is 0.296. The molecule has 12 heteroatoms. The Morgan fingerprint density at radius 3 is 2.40 bits per heavy atom. The molecule has 3 aromatic carbocycles. The van der Waals surface area contributed by atoms with Crippen LogP contribution in [-0.4, -0.2) is 42.5 Å². The van der Waals surface area contributed by atoms with E-state index in [2.05, 4.69) is 15.6 Å². The van der Waals surface area contributed by atoms with E-state index in [0.29, 0.717) is 28.2 Å². The summed E-state index contributed by atoms with van der Waals surface area (Å²) in [5.74, 6) is -1.91. The summed E-state index contributed by atoms with van der Waals surface area (Å²) in [6, 6.07) is 13.5. The molecule has 0 radical (unpaired) electrons. The van der Waals surface area contributed by atoms with Crippen molar-refractivity contribution in [1.82, 2.24) is 10.3 Å². The highest BCUT2D eigenvalue weighted by Gasteiger charge is 2.33. The van der Waals surface area contributed by atoms with Crippen molar-refractivity contribution in [3.63, 3.8) is 0 Å². The van der Waals surface area contributed by atoms with Crippen molar-refractivity contribution in [3.8, 4) is 23.0 Å². The van der Waals surface area contributed by atoms with Gasteiger partial charge in [-0.3, -0.25) is 19.5 Å². The van der Waals surface area contributed by atoms with Crippen LogP contribution in [-0.2, 0) is 9.59 Å². The van der Waals surface area contributed by atoms with Crippen molar-refractivity contribution in [1.29, 1.82) is 0 Å². The van der Waals surface area contributed by atoms with Crippen LogP contribution in [0.25, 0.3) is 10.9 Å². The van der Waals surface area contributed by atoms with Gasteiger partial charge in [-0.05, 0) is 48.5 Å². The molecule has 2 heterocycles. The van der Waals surface area contributed by atoms with E-state index < -0.39 is 29.8 Å². The molecule has 1 aromatic heterocycles. The van der Waals surface area contributed by atoms with Crippen LogP contribution in [0, 0.1) is 11.6 Å². The summed E-state index contributed by atoms with van der Waals surface area (Å²) >= 11 is 0. The van der Waals surface area contributed by atoms with Gasteiger partial charge in [0, 0.05) is 41.3 Å². The molecule has 0 saturated heterocycles. The van der Waals surface area contributed by atoms with Gasteiger partial charge in [0.1, 0.15) is 17.1 Å². The second-order valence-corrected chi connectivity index (χ2v) is 8.48. The predicted octanol–water partition coefficient (Wildman–Crippen LogP) is 4.06. The number of carbonyl (C=O) groups is 2. The van der Waals surface area contributed by atoms with Crippen molar-refractivity contribution >= 4 is 34.1 Å². The van der Waals surface area contributed by atoms with Crippen molar-refractivity contribution in [2.75, 3.05) is 24.4 Å². The number of halogens is 2. The molecule has 4 aromatic rings. The van der Waals surface area contributed by atoms with Gasteiger partial charge in [-0.25, -0.2) is 8.78 Å². The number of fused-ring (bicyclic) bond motifs is 1. The summed E-state index contributed by atoms with van der Waals surface area (Å²) in [5, 5.41) is 15.7. The standard InChI is InChI=1S/C28H22F2N4O6/c1-38-24-12-18-21(13-25(24)39-2)31-10-9-22(18)40-23-8-5-16(11-20(23)30)33-26(35)19-14-32-28(37)34(27(19)36)17-6-3-15(29)4-7-17/h3-14,28,32,37H,1-2H3,(H,33,35). The molecule has 0 aliphatic carbocycles. The normalized spacial score (nSPS) is 14.8. The van der Waals surface area contributed by atoms with Gasteiger partial charge >= 0.3 is 0 Å². The highest BCUT2D eigenvalue weighted by molar-refractivity contribution is 6.27. The Hall–Kier alpha value is -5.23. The number of pyridine rings is 1. The fourth-order valence-electron chi connectivity index (χ4n) is 4.07. The Bertz CT molecular complexity index is 1640. The van der Waals surface area contributed by atoms with E-state index in [1.807, 2.05) is 0 Å². The van der Waals surface area contributed by atoms with Gasteiger partial charge in [0.25, 0.3) is 11.8 Å². The minimum atomic E-state index is -1.48. The first-order valence-corrected chi connectivity index (χ1v) is 11.8. The average molecular weight is 549 g/mol. The fourth-order valence-corrected chi connectivity index (χ4v) is 4.07. The maximum Gasteiger partial charge on any atom is 0.268 e. The summed E-state index contributed by atoms with van der Waals surface area (Å²) < 4.78 is 44.8. The lowest BCUT2D eigenvalue weighted by Gasteiger charge is -2.32. The zero-order valence-corrected chi connectivity index (χ0v) is 21.1. The van der Waals surface area contributed by atoms with E-state index in [4.69, 9.17) is 14.2 Å². The molecule has 204 valence electrons. The first-order chi connectivity index (χ1) is 19.3. The summed E-state index contributed by atoms with van der Waals surface area (Å²) in [6.45, 7) is 0. The molecule has 0 spiro atoms. The molecule has 3 N–H and O–H groups in total. The summed E-state index contributed by atoms with van der Waals surface area (Å²) in [4.78, 5) is 31.0. The third-order valence-electron chi connectivity index (χ3n) is 6.04. The van der Waals surface area contributed by atoms with E-state index in [9.17, 15) is 19.1 Å². The number of aromatic nitrogens is 1. The Kier molecular flexibility index (Phi) is 7.17. The van der Waals surface area contributed by atoms with Crippen molar-refractivity contribution in [2.45, 2.75) is 6.35 Å². The molecule has 2 amide bonds. The van der Waals surface area contributed by atoms with E-state index in [-0.39, 0.29) is 22.7 Å². The van der Waals surface area contributed by atoms with Gasteiger partial charge in [-0.15, -0.1) is 0 Å². The van der Waals surface area contributed by atoms with Gasteiger partial charge in [0.15, 0.2) is 23.1 Å². The smallest absolute Gasteiger partial charge is 0.268 e. The van der Waals surface area contributed by atoms with Crippen LogP contribution >= 0.6 is 0 Å². The molecule has 0 saturated carbocycles. The lowest BCUT2D eigenvalue weighted by atomic mass is 10.1. The molecular weight excluding hydrogens is 526 g/mol. The van der Waals surface area contributed by atoms with Crippen LogP contribution in [0.1, 0.15) is 0 Å². The molecule has 5 rings (SSSR count). The minimum Gasteiger partial charge on any atom is -0.493 e. The van der Waals surface area contributed by atoms with Crippen LogP contribution in [0.2, 0.25) is 0 Å². The number of anilines is 2. The molecule has 0 bridgehead atoms. The lowest BCUT2D eigenvalue weighted by Crippen LogP contribution is -2.53. The second-order valence-electron chi connectivity index (χ2n) is 8.48. The first kappa shape index (κ1) is 26.4. The van der Waals surface area contributed by atoms with Gasteiger partial charge in [0.2, 0.25) is 6.35 Å². The van der Waals surface area contributed by atoms with Gasteiger partial charge in [0.05, 0.1) is 19.7 Å². The Morgan fingerprint density at radius 2 is 1.70 bits per heavy atom. The van der Waals surface area contributed by atoms with Crippen LogP contribution < -0.4 is 29.7 Å². The average Bonchev–Trinajstić information content (AvgIpc) is 2.94. The number of aliphatic hydroxyl groups excluding tert-OH is 1. The lowest BCUT2D eigenvalue weighted by molar-refractivity contribution is -0.122. The maximum atomic E-state index is 15.0. The molecule has 1 unspecified atom stereocenters. The van der Waals surface area contributed by atoms with E-state index >= 15 is 4.39 Å². The van der Waals surface area contributed by atoms with Crippen molar-refractivity contribution in [2.24, 2.45) is 0 Å². The minimum absolute atomic E-state index is 0.0500. The van der Waals surface area contributed by atoms with Gasteiger partial charge < -0.3 is 30.0 Å². The highest BCUT2D eigenvalue weighted by Crippen LogP contribution is 2.37. The topological polar surface area (TPSA) is 122 Å². The molecule has 10 nitrogen and oxygen atoms in total. The summed E-state index contributed by atoms with van der Waals surface area (Å²) in [5.41, 5.74) is 0.396. The number of benzene rings is 3. The van der Waals surface area contributed by atoms with Crippen molar-refractivity contribution in [3.05, 3.63) is 90.3 Å². The number of nitrogens with zero attached hydrogens (tertiary/aromatic N) is 2. The zero-order valence-electron chi connectivity index (χ0n) is 21.1. The van der Waals surface area contributed by atoms with E-state index in [1.165, 1.54) is 44.7 Å². The van der Waals surface area contributed by atoms with E-state index in [1.54, 1.807) is 18.2 Å². The van der Waals surface area contributed by atoms with Crippen molar-refractivity contribution < 1.29 is 37.7 Å². The number of hydrogen-bond donors (Lipinski definition) is 3. The highest BCUT2D eigenvalue weighted by atomic mass is 19.1. The van der Waals surface area contributed by atoms with Crippen LogP contribution in [0.15, 0.2) is 78.6 Å². The summed E-state index contributed by atoms with van der Waals surface area (Å²) in [6.07, 6.45) is 1.08. The van der Waals surface area contributed by atoms with Gasteiger partial charge in [-0.2, -0.15) is 0 Å². The van der Waals surface area contributed by atoms with Crippen LogP contribution in [0.5, 0.6) is 23.0 Å². The number of amides is 2. The number of carbonyl (C=O) groups excluding carboxylic acids is 2. The third-order valence-corrected chi connectivity index (χ3v) is 6.04. The monoisotopic (exact) mass is 548 g/mol. The molecular formula is C28H22F2N4O6. The molecule has 40 heavy (non-hydrogen) atoms. The number of nitrogens with one attached hydrogen (secondary N) is 2. The Balaban J connectivity index is 1.34. The number of ether oxygens (including phenoxy) is 3. The number of hydrogen-bond acceptors (Lipinski definition) is 8.